The van der Waals surface area contributed by atoms with Gasteiger partial charge in [0, 0.05) is 61.8 Å². The summed E-state index contributed by atoms with van der Waals surface area (Å²) in [4.78, 5) is 24.2. The molecule has 0 amide bonds. The first-order valence-corrected chi connectivity index (χ1v) is 9.57. The van der Waals surface area contributed by atoms with Gasteiger partial charge in [0.2, 0.25) is 5.78 Å². The maximum atomic E-state index is 13.5. The van der Waals surface area contributed by atoms with Gasteiger partial charge in [0.25, 0.3) is 0 Å². The molecule has 30 heavy (non-hydrogen) atoms. The van der Waals surface area contributed by atoms with Crippen LogP contribution in [-0.4, -0.2) is 51.8 Å². The number of aromatic nitrogens is 4. The topological polar surface area (TPSA) is 123 Å². The van der Waals surface area contributed by atoms with E-state index in [0.717, 1.165) is 24.5 Å². The van der Waals surface area contributed by atoms with Crippen molar-refractivity contribution in [3.8, 4) is 17.5 Å². The first-order valence-electron chi connectivity index (χ1n) is 9.57. The standard InChI is InChI=1S/C21H21N7O2/c1-27-18(9-19(26-27)28-4-6-30-7-5-28)20(29)17-8-14(10-22)2-3-16(17)21-24-12-15(11-23)13-25-21/h2-3,8-9,12-13H,4-7,11,23H2,1H3. The second-order valence-electron chi connectivity index (χ2n) is 6.93. The minimum Gasteiger partial charge on any atom is -0.378 e. The van der Waals surface area contributed by atoms with Gasteiger partial charge in [-0.05, 0) is 18.2 Å². The molecule has 3 aromatic rings. The van der Waals surface area contributed by atoms with Crippen LogP contribution in [0.15, 0.2) is 36.7 Å². The van der Waals surface area contributed by atoms with Crippen LogP contribution in [0, 0.1) is 11.3 Å². The van der Waals surface area contributed by atoms with Crippen LogP contribution in [0.3, 0.4) is 0 Å². The van der Waals surface area contributed by atoms with Gasteiger partial charge in [0.05, 0.1) is 24.8 Å². The molecule has 3 heterocycles. The molecular formula is C21H21N7O2. The number of hydrogen-bond acceptors (Lipinski definition) is 8. The second-order valence-corrected chi connectivity index (χ2v) is 6.93. The molecule has 0 saturated carbocycles. The van der Waals surface area contributed by atoms with E-state index < -0.39 is 0 Å². The Balaban J connectivity index is 1.74. The van der Waals surface area contributed by atoms with Crippen molar-refractivity contribution in [3.05, 3.63) is 59.0 Å². The summed E-state index contributed by atoms with van der Waals surface area (Å²) < 4.78 is 6.95. The molecule has 1 aromatic carbocycles. The molecule has 0 aliphatic carbocycles. The first-order chi connectivity index (χ1) is 14.6. The van der Waals surface area contributed by atoms with Crippen molar-refractivity contribution in [1.29, 1.82) is 5.26 Å². The highest BCUT2D eigenvalue weighted by Gasteiger charge is 2.23. The zero-order chi connectivity index (χ0) is 21.1. The Hall–Kier alpha value is -3.61. The second kappa shape index (κ2) is 8.41. The average Bonchev–Trinajstić information content (AvgIpc) is 3.20. The molecule has 0 radical (unpaired) electrons. The van der Waals surface area contributed by atoms with E-state index in [-0.39, 0.29) is 5.78 Å². The monoisotopic (exact) mass is 403 g/mol. The van der Waals surface area contributed by atoms with Gasteiger partial charge in [-0.25, -0.2) is 9.97 Å². The van der Waals surface area contributed by atoms with Gasteiger partial charge < -0.3 is 15.4 Å². The molecule has 0 bridgehead atoms. The number of hydrogen-bond donors (Lipinski definition) is 1. The summed E-state index contributed by atoms with van der Waals surface area (Å²) in [5.74, 6) is 0.879. The number of carbonyl (C=O) groups excluding carboxylic acids is 1. The number of benzene rings is 1. The fraction of sp³-hybridized carbons (Fsp3) is 0.286. The number of nitrogens with two attached hydrogens (primary N) is 1. The van der Waals surface area contributed by atoms with Crippen LogP contribution in [0.2, 0.25) is 0 Å². The molecule has 0 spiro atoms. The third-order valence-corrected chi connectivity index (χ3v) is 5.01. The number of nitriles is 1. The maximum absolute atomic E-state index is 13.5. The van der Waals surface area contributed by atoms with Crippen molar-refractivity contribution in [1.82, 2.24) is 19.7 Å². The lowest BCUT2D eigenvalue weighted by molar-refractivity contribution is 0.103. The largest absolute Gasteiger partial charge is 0.378 e. The van der Waals surface area contributed by atoms with Crippen molar-refractivity contribution in [3.63, 3.8) is 0 Å². The highest BCUT2D eigenvalue weighted by atomic mass is 16.5. The van der Waals surface area contributed by atoms with Crippen LogP contribution >= 0.6 is 0 Å². The smallest absolute Gasteiger partial charge is 0.211 e. The third kappa shape index (κ3) is 3.78. The van der Waals surface area contributed by atoms with Crippen molar-refractivity contribution < 1.29 is 9.53 Å². The number of nitrogens with zero attached hydrogens (tertiary/aromatic N) is 6. The van der Waals surface area contributed by atoms with E-state index in [2.05, 4.69) is 26.0 Å². The van der Waals surface area contributed by atoms with Crippen molar-refractivity contribution in [2.24, 2.45) is 12.8 Å². The van der Waals surface area contributed by atoms with Crippen LogP contribution in [0.1, 0.15) is 27.2 Å². The van der Waals surface area contributed by atoms with Gasteiger partial charge in [-0.3, -0.25) is 9.48 Å². The number of anilines is 1. The van der Waals surface area contributed by atoms with E-state index in [4.69, 9.17) is 10.5 Å². The van der Waals surface area contributed by atoms with E-state index in [0.29, 0.717) is 48.0 Å². The lowest BCUT2D eigenvalue weighted by Gasteiger charge is -2.26. The number of ketones is 1. The Bertz CT molecular complexity index is 1110. The van der Waals surface area contributed by atoms with Crippen molar-refractivity contribution >= 4 is 11.6 Å². The predicted molar refractivity (Wildman–Crippen MR) is 110 cm³/mol. The molecule has 9 heteroatoms. The summed E-state index contributed by atoms with van der Waals surface area (Å²) in [7, 11) is 1.73. The molecule has 152 valence electrons. The van der Waals surface area contributed by atoms with Gasteiger partial charge >= 0.3 is 0 Å². The zero-order valence-corrected chi connectivity index (χ0v) is 16.6. The third-order valence-electron chi connectivity index (χ3n) is 5.01. The van der Waals surface area contributed by atoms with E-state index in [1.807, 2.05) is 0 Å². The van der Waals surface area contributed by atoms with Crippen LogP contribution in [0.4, 0.5) is 5.82 Å². The fourth-order valence-corrected chi connectivity index (χ4v) is 3.35. The SMILES string of the molecule is Cn1nc(N2CCOCC2)cc1C(=O)c1cc(C#N)ccc1-c1ncc(CN)cn1. The zero-order valence-electron chi connectivity index (χ0n) is 16.6. The number of morpholine rings is 1. The van der Waals surface area contributed by atoms with E-state index >= 15 is 0 Å². The lowest BCUT2D eigenvalue weighted by Crippen LogP contribution is -2.36. The Kier molecular flexibility index (Phi) is 5.52. The molecule has 0 unspecified atom stereocenters. The molecule has 1 saturated heterocycles. The number of aryl methyl sites for hydroxylation is 1. The average molecular weight is 403 g/mol. The Morgan fingerprint density at radius 3 is 2.63 bits per heavy atom. The number of ether oxygens (including phenoxy) is 1. The molecule has 0 atom stereocenters. The van der Waals surface area contributed by atoms with E-state index in [9.17, 15) is 10.1 Å². The minimum absolute atomic E-state index is 0.247. The Morgan fingerprint density at radius 1 is 1.23 bits per heavy atom. The van der Waals surface area contributed by atoms with Crippen LogP contribution in [0.25, 0.3) is 11.4 Å². The number of carbonyl (C=O) groups is 1. The summed E-state index contributed by atoms with van der Waals surface area (Å²) in [6.07, 6.45) is 3.27. The minimum atomic E-state index is -0.247. The summed E-state index contributed by atoms with van der Waals surface area (Å²) >= 11 is 0. The normalized spacial score (nSPS) is 13.8. The Labute approximate surface area is 173 Å². The summed E-state index contributed by atoms with van der Waals surface area (Å²) in [5.41, 5.74) is 8.13. The van der Waals surface area contributed by atoms with E-state index in [1.54, 1.807) is 48.4 Å². The predicted octanol–water partition coefficient (Wildman–Crippen LogP) is 1.28. The van der Waals surface area contributed by atoms with Gasteiger partial charge in [-0.2, -0.15) is 10.4 Å². The van der Waals surface area contributed by atoms with Gasteiger partial charge in [-0.15, -0.1) is 0 Å². The van der Waals surface area contributed by atoms with Gasteiger partial charge in [-0.1, -0.05) is 0 Å². The Morgan fingerprint density at radius 2 is 1.97 bits per heavy atom. The maximum Gasteiger partial charge on any atom is 0.211 e. The highest BCUT2D eigenvalue weighted by molar-refractivity contribution is 6.12. The molecule has 2 aromatic heterocycles. The molecular weight excluding hydrogens is 382 g/mol. The lowest BCUT2D eigenvalue weighted by atomic mass is 9.98. The highest BCUT2D eigenvalue weighted by Crippen LogP contribution is 2.26. The van der Waals surface area contributed by atoms with Crippen LogP contribution < -0.4 is 10.6 Å². The van der Waals surface area contributed by atoms with Crippen LogP contribution in [-0.2, 0) is 18.3 Å². The molecule has 1 fully saturated rings. The van der Waals surface area contributed by atoms with Crippen LogP contribution in [0.5, 0.6) is 0 Å². The number of rotatable bonds is 5. The first kappa shape index (κ1) is 19.7. The van der Waals surface area contributed by atoms with Gasteiger partial charge in [0.1, 0.15) is 5.69 Å². The van der Waals surface area contributed by atoms with Gasteiger partial charge in [0.15, 0.2) is 11.6 Å². The molecule has 2 N–H and O–H groups in total. The summed E-state index contributed by atoms with van der Waals surface area (Å²) in [6.45, 7) is 3.04. The summed E-state index contributed by atoms with van der Waals surface area (Å²) in [5, 5.41) is 13.8. The molecule has 1 aliphatic rings. The molecule has 4 rings (SSSR count). The summed E-state index contributed by atoms with van der Waals surface area (Å²) in [6, 6.07) is 8.77. The van der Waals surface area contributed by atoms with Crippen molar-refractivity contribution in [2.75, 3.05) is 31.2 Å². The van der Waals surface area contributed by atoms with Crippen molar-refractivity contribution in [2.45, 2.75) is 6.54 Å². The quantitative estimate of drug-likeness (QED) is 0.632. The fourth-order valence-electron chi connectivity index (χ4n) is 3.35. The molecule has 1 aliphatic heterocycles. The van der Waals surface area contributed by atoms with E-state index in [1.165, 1.54) is 0 Å². The molecule has 9 nitrogen and oxygen atoms in total.